The quantitative estimate of drug-likeness (QED) is 0.698. The molecular weight excluding hydrogens is 276 g/mol. The Hall–Kier alpha value is -0.485. The summed E-state index contributed by atoms with van der Waals surface area (Å²) in [4.78, 5) is 0. The molecule has 1 heterocycles. The normalized spacial score (nSPS) is 12.3. The summed E-state index contributed by atoms with van der Waals surface area (Å²) < 4.78 is 38.1. The third kappa shape index (κ3) is 1.81. The zero-order chi connectivity index (χ0) is 10.3. The van der Waals surface area contributed by atoms with Crippen LogP contribution in [-0.4, -0.2) is 6.98 Å². The van der Waals surface area contributed by atoms with Gasteiger partial charge in [0.25, 0.3) is 0 Å². The minimum absolute atomic E-state index is 0.488. The fraction of sp³-hybridized carbons (Fsp3) is 0. The van der Waals surface area contributed by atoms with E-state index in [2.05, 4.69) is 15.9 Å². The molecule has 0 aliphatic carbocycles. The highest BCUT2D eigenvalue weighted by atomic mass is 79.9. The maximum Gasteiger partial charge on any atom is 0.519 e. The summed E-state index contributed by atoms with van der Waals surface area (Å²) in [6.07, 6.45) is 0. The molecule has 0 radical (unpaired) electrons. The predicted octanol–water partition coefficient (Wildman–Crippen LogP) is 3.72. The minimum Gasteiger partial charge on any atom is -0.444 e. The lowest BCUT2D eigenvalue weighted by molar-refractivity contribution is 0.503. The molecule has 1 aromatic carbocycles. The lowest BCUT2D eigenvalue weighted by Gasteiger charge is -2.09. The maximum absolute atomic E-state index is 12.4. The Balaban J connectivity index is 2.63. The molecule has 0 unspecified atom stereocenters. The first-order valence-electron chi connectivity index (χ1n) is 3.86. The molecular formula is C8H4BBrF3S-. The van der Waals surface area contributed by atoms with Crippen molar-refractivity contribution in [3.63, 3.8) is 0 Å². The van der Waals surface area contributed by atoms with Gasteiger partial charge >= 0.3 is 6.98 Å². The zero-order valence-electron chi connectivity index (χ0n) is 6.81. The van der Waals surface area contributed by atoms with E-state index >= 15 is 0 Å². The standard InChI is InChI=1S/C8H4BBrF3S/c10-6-1-2-7-5(3-6)4-8(14-7)9(11,12)13/h1-4H/q-1. The number of halogens is 4. The van der Waals surface area contributed by atoms with Crippen molar-refractivity contribution in [3.05, 3.63) is 28.7 Å². The van der Waals surface area contributed by atoms with E-state index in [9.17, 15) is 12.9 Å². The van der Waals surface area contributed by atoms with Gasteiger partial charge in [0.2, 0.25) is 0 Å². The molecule has 0 aliphatic rings. The molecule has 2 rings (SSSR count). The second-order valence-corrected chi connectivity index (χ2v) is 4.94. The van der Waals surface area contributed by atoms with Crippen LogP contribution in [0.4, 0.5) is 12.9 Å². The number of thiophene rings is 1. The van der Waals surface area contributed by atoms with Gasteiger partial charge in [-0.25, -0.2) is 0 Å². The van der Waals surface area contributed by atoms with Crippen molar-refractivity contribution < 1.29 is 12.9 Å². The largest absolute Gasteiger partial charge is 0.519 e. The van der Waals surface area contributed by atoms with Crippen LogP contribution in [0.1, 0.15) is 0 Å². The van der Waals surface area contributed by atoms with Crippen molar-refractivity contribution in [1.82, 2.24) is 0 Å². The molecule has 0 spiro atoms. The second kappa shape index (κ2) is 3.27. The van der Waals surface area contributed by atoms with Crippen LogP contribution in [0.3, 0.4) is 0 Å². The van der Waals surface area contributed by atoms with Gasteiger partial charge in [0.1, 0.15) is 0 Å². The summed E-state index contributed by atoms with van der Waals surface area (Å²) in [5, 5.41) is 0.638. The van der Waals surface area contributed by atoms with Gasteiger partial charge in [-0.05, 0) is 23.6 Å². The van der Waals surface area contributed by atoms with Gasteiger partial charge in [-0.3, -0.25) is 0 Å². The summed E-state index contributed by atoms with van der Waals surface area (Å²) in [6, 6.07) is 6.32. The third-order valence-electron chi connectivity index (χ3n) is 1.82. The summed E-state index contributed by atoms with van der Waals surface area (Å²) in [5.41, 5.74) is 0. The van der Waals surface area contributed by atoms with Gasteiger partial charge in [0.15, 0.2) is 0 Å². The highest BCUT2D eigenvalue weighted by Gasteiger charge is 2.27. The van der Waals surface area contributed by atoms with E-state index in [-0.39, 0.29) is 0 Å². The molecule has 0 amide bonds. The van der Waals surface area contributed by atoms with Crippen LogP contribution in [0.25, 0.3) is 10.1 Å². The fourth-order valence-corrected chi connectivity index (χ4v) is 2.52. The third-order valence-corrected chi connectivity index (χ3v) is 3.53. The van der Waals surface area contributed by atoms with Crippen molar-refractivity contribution in [2.75, 3.05) is 0 Å². The lowest BCUT2D eigenvalue weighted by Crippen LogP contribution is -2.30. The number of benzene rings is 1. The highest BCUT2D eigenvalue weighted by molar-refractivity contribution is 9.10. The topological polar surface area (TPSA) is 0 Å². The van der Waals surface area contributed by atoms with Gasteiger partial charge in [-0.1, -0.05) is 26.8 Å². The molecule has 0 saturated heterocycles. The van der Waals surface area contributed by atoms with Crippen LogP contribution in [-0.2, 0) is 0 Å². The lowest BCUT2D eigenvalue weighted by atomic mass is 9.89. The molecule has 1 aromatic heterocycles. The minimum atomic E-state index is -4.87. The summed E-state index contributed by atoms with van der Waals surface area (Å²) in [5.74, 6) is 0. The van der Waals surface area contributed by atoms with Gasteiger partial charge in [0, 0.05) is 9.17 Å². The Bertz CT molecular complexity index is 477. The smallest absolute Gasteiger partial charge is 0.444 e. The molecule has 2 aromatic rings. The Labute approximate surface area is 90.9 Å². The summed E-state index contributed by atoms with van der Waals surface area (Å²) in [7, 11) is 0. The Morgan fingerprint density at radius 3 is 2.50 bits per heavy atom. The van der Waals surface area contributed by atoms with E-state index in [1.54, 1.807) is 18.2 Å². The van der Waals surface area contributed by atoms with Crippen molar-refractivity contribution >= 4 is 49.1 Å². The van der Waals surface area contributed by atoms with Crippen LogP contribution < -0.4 is 4.78 Å². The van der Waals surface area contributed by atoms with Crippen LogP contribution in [0, 0.1) is 0 Å². The first kappa shape index (κ1) is 10.0. The number of fused-ring (bicyclic) bond motifs is 1. The molecule has 0 bridgehead atoms. The molecule has 0 fully saturated rings. The number of hydrogen-bond donors (Lipinski definition) is 0. The first-order chi connectivity index (χ1) is 6.47. The Morgan fingerprint density at radius 2 is 1.86 bits per heavy atom. The van der Waals surface area contributed by atoms with Crippen LogP contribution in [0.5, 0.6) is 0 Å². The summed E-state index contributed by atoms with van der Waals surface area (Å²) in [6.45, 7) is -4.87. The van der Waals surface area contributed by atoms with E-state index in [0.29, 0.717) is 10.1 Å². The molecule has 0 aliphatic heterocycles. The van der Waals surface area contributed by atoms with Gasteiger partial charge in [-0.2, -0.15) is 11.3 Å². The van der Waals surface area contributed by atoms with E-state index in [1.165, 1.54) is 6.07 Å². The average molecular weight is 280 g/mol. The van der Waals surface area contributed by atoms with Gasteiger partial charge < -0.3 is 12.9 Å². The van der Waals surface area contributed by atoms with Crippen molar-refractivity contribution in [2.24, 2.45) is 0 Å². The van der Waals surface area contributed by atoms with Crippen LogP contribution in [0.15, 0.2) is 28.7 Å². The molecule has 0 N–H and O–H groups in total. The maximum atomic E-state index is 12.4. The van der Waals surface area contributed by atoms with E-state index < -0.39 is 11.8 Å². The monoisotopic (exact) mass is 279 g/mol. The van der Waals surface area contributed by atoms with Gasteiger partial charge in [-0.15, -0.1) is 0 Å². The second-order valence-electron chi connectivity index (χ2n) is 2.91. The Morgan fingerprint density at radius 1 is 1.14 bits per heavy atom. The van der Waals surface area contributed by atoms with Crippen LogP contribution in [0.2, 0.25) is 0 Å². The SMILES string of the molecule is F[B-](F)(F)c1cc2cc(Br)ccc2s1. The zero-order valence-corrected chi connectivity index (χ0v) is 9.21. The molecule has 14 heavy (non-hydrogen) atoms. The van der Waals surface area contributed by atoms with E-state index in [1.807, 2.05) is 0 Å². The number of rotatable bonds is 1. The molecule has 6 heteroatoms. The van der Waals surface area contributed by atoms with Crippen molar-refractivity contribution in [2.45, 2.75) is 0 Å². The Kier molecular flexibility index (Phi) is 2.35. The van der Waals surface area contributed by atoms with E-state index in [4.69, 9.17) is 0 Å². The van der Waals surface area contributed by atoms with E-state index in [0.717, 1.165) is 15.8 Å². The fourth-order valence-electron chi connectivity index (χ4n) is 1.20. The molecule has 0 atom stereocenters. The predicted molar refractivity (Wildman–Crippen MR) is 58.2 cm³/mol. The molecule has 0 nitrogen and oxygen atoms in total. The van der Waals surface area contributed by atoms with Crippen molar-refractivity contribution in [3.8, 4) is 0 Å². The van der Waals surface area contributed by atoms with Crippen molar-refractivity contribution in [1.29, 1.82) is 0 Å². The highest BCUT2D eigenvalue weighted by Crippen LogP contribution is 2.26. The molecule has 74 valence electrons. The average Bonchev–Trinajstić information content (AvgIpc) is 2.45. The molecule has 0 saturated carbocycles. The number of hydrogen-bond acceptors (Lipinski definition) is 1. The van der Waals surface area contributed by atoms with Gasteiger partial charge in [0.05, 0.1) is 0 Å². The summed E-state index contributed by atoms with van der Waals surface area (Å²) >= 11 is 4.02. The van der Waals surface area contributed by atoms with Crippen LogP contribution >= 0.6 is 27.3 Å². The first-order valence-corrected chi connectivity index (χ1v) is 5.47.